The number of hydrogen-bond acceptors (Lipinski definition) is 2. The molecule has 4 heteroatoms. The fourth-order valence-electron chi connectivity index (χ4n) is 2.57. The van der Waals surface area contributed by atoms with Crippen LogP contribution in [0.15, 0.2) is 28.7 Å². The van der Waals surface area contributed by atoms with Crippen LogP contribution in [0.3, 0.4) is 0 Å². The Morgan fingerprint density at radius 2 is 2.17 bits per heavy atom. The quantitative estimate of drug-likeness (QED) is 0.898. The fraction of sp³-hybridized carbons (Fsp3) is 0.500. The van der Waals surface area contributed by atoms with Crippen LogP contribution in [0.1, 0.15) is 31.2 Å². The molecule has 0 saturated heterocycles. The molecule has 98 valence electrons. The lowest BCUT2D eigenvalue weighted by Crippen LogP contribution is -2.41. The van der Waals surface area contributed by atoms with Gasteiger partial charge in [0.15, 0.2) is 0 Å². The van der Waals surface area contributed by atoms with Gasteiger partial charge < -0.3 is 10.4 Å². The second kappa shape index (κ2) is 6.34. The Bertz CT molecular complexity index is 422. The van der Waals surface area contributed by atoms with Crippen LogP contribution < -0.4 is 5.32 Å². The van der Waals surface area contributed by atoms with E-state index in [1.54, 1.807) is 0 Å². The van der Waals surface area contributed by atoms with Crippen molar-refractivity contribution in [3.63, 3.8) is 0 Å². The highest BCUT2D eigenvalue weighted by atomic mass is 79.9. The zero-order valence-corrected chi connectivity index (χ0v) is 11.8. The first-order chi connectivity index (χ1) is 8.66. The number of carboxylic acid groups (broad SMARTS) is 1. The highest BCUT2D eigenvalue weighted by Gasteiger charge is 2.30. The van der Waals surface area contributed by atoms with Gasteiger partial charge in [0, 0.05) is 17.1 Å². The van der Waals surface area contributed by atoms with Gasteiger partial charge in [-0.15, -0.1) is 0 Å². The van der Waals surface area contributed by atoms with Crippen LogP contribution in [-0.2, 0) is 11.3 Å². The van der Waals surface area contributed by atoms with E-state index in [1.165, 1.54) is 5.56 Å². The van der Waals surface area contributed by atoms with Crippen LogP contribution in [0.2, 0.25) is 0 Å². The predicted octanol–water partition coefficient (Wildman–Crippen LogP) is 3.18. The minimum absolute atomic E-state index is 0.107. The summed E-state index contributed by atoms with van der Waals surface area (Å²) in [6.07, 6.45) is 3.92. The molecular weight excluding hydrogens is 294 g/mol. The molecule has 1 saturated carbocycles. The molecule has 0 aliphatic heterocycles. The third-order valence-corrected chi connectivity index (χ3v) is 4.03. The van der Waals surface area contributed by atoms with Gasteiger partial charge >= 0.3 is 5.97 Å². The summed E-state index contributed by atoms with van der Waals surface area (Å²) in [6.45, 7) is 0.730. The van der Waals surface area contributed by atoms with E-state index in [0.717, 1.165) is 36.7 Å². The van der Waals surface area contributed by atoms with Crippen molar-refractivity contribution < 1.29 is 9.90 Å². The molecular formula is C14H18BrNO2. The van der Waals surface area contributed by atoms with Crippen LogP contribution in [0.4, 0.5) is 0 Å². The highest BCUT2D eigenvalue weighted by Crippen LogP contribution is 2.25. The molecule has 1 aliphatic carbocycles. The lowest BCUT2D eigenvalue weighted by molar-refractivity contribution is -0.143. The third-order valence-electron chi connectivity index (χ3n) is 3.54. The Morgan fingerprint density at radius 1 is 1.39 bits per heavy atom. The SMILES string of the molecule is O=C(O)C1CCCCC1NCc1cccc(Br)c1. The lowest BCUT2D eigenvalue weighted by Gasteiger charge is -2.29. The van der Waals surface area contributed by atoms with Crippen molar-refractivity contribution in [2.75, 3.05) is 0 Å². The van der Waals surface area contributed by atoms with Crippen LogP contribution in [0, 0.1) is 5.92 Å². The summed E-state index contributed by atoms with van der Waals surface area (Å²) in [4.78, 5) is 11.2. The number of hydrogen-bond donors (Lipinski definition) is 2. The van der Waals surface area contributed by atoms with Gasteiger partial charge in [-0.3, -0.25) is 4.79 Å². The van der Waals surface area contributed by atoms with Gasteiger partial charge in [-0.25, -0.2) is 0 Å². The number of nitrogens with one attached hydrogen (secondary N) is 1. The molecule has 1 aromatic carbocycles. The van der Waals surface area contributed by atoms with Gasteiger partial charge in [0.1, 0.15) is 0 Å². The average molecular weight is 312 g/mol. The minimum Gasteiger partial charge on any atom is -0.481 e. The molecule has 0 radical (unpaired) electrons. The Hall–Kier alpha value is -0.870. The lowest BCUT2D eigenvalue weighted by atomic mass is 9.84. The molecule has 3 nitrogen and oxygen atoms in total. The van der Waals surface area contributed by atoms with Gasteiger partial charge in [-0.1, -0.05) is 40.9 Å². The Morgan fingerprint density at radius 3 is 2.89 bits per heavy atom. The largest absolute Gasteiger partial charge is 0.481 e. The van der Waals surface area contributed by atoms with E-state index >= 15 is 0 Å². The summed E-state index contributed by atoms with van der Waals surface area (Å²) in [5, 5.41) is 12.6. The molecule has 1 fully saturated rings. The van der Waals surface area contributed by atoms with Crippen molar-refractivity contribution in [2.45, 2.75) is 38.3 Å². The first kappa shape index (κ1) is 13.6. The van der Waals surface area contributed by atoms with E-state index in [2.05, 4.69) is 33.4 Å². The van der Waals surface area contributed by atoms with Gasteiger partial charge in [0.05, 0.1) is 5.92 Å². The third kappa shape index (κ3) is 3.56. The smallest absolute Gasteiger partial charge is 0.308 e. The number of carboxylic acids is 1. The molecule has 0 aromatic heterocycles. The van der Waals surface area contributed by atoms with Gasteiger partial charge in [-0.2, -0.15) is 0 Å². The normalized spacial score (nSPS) is 23.8. The molecule has 0 heterocycles. The average Bonchev–Trinajstić information content (AvgIpc) is 2.37. The minimum atomic E-state index is -0.665. The molecule has 18 heavy (non-hydrogen) atoms. The molecule has 2 atom stereocenters. The zero-order valence-electron chi connectivity index (χ0n) is 10.2. The summed E-state index contributed by atoms with van der Waals surface area (Å²) in [5.74, 6) is -0.896. The predicted molar refractivity (Wildman–Crippen MR) is 74.4 cm³/mol. The molecule has 2 rings (SSSR count). The summed E-state index contributed by atoms with van der Waals surface area (Å²) in [5.41, 5.74) is 1.18. The van der Waals surface area contributed by atoms with Gasteiger partial charge in [0.25, 0.3) is 0 Å². The van der Waals surface area contributed by atoms with E-state index in [4.69, 9.17) is 0 Å². The summed E-state index contributed by atoms with van der Waals surface area (Å²) in [7, 11) is 0. The summed E-state index contributed by atoms with van der Waals surface area (Å²) >= 11 is 3.44. The van der Waals surface area contributed by atoms with E-state index < -0.39 is 5.97 Å². The Labute approximate surface area is 116 Å². The van der Waals surface area contributed by atoms with Crippen LogP contribution >= 0.6 is 15.9 Å². The highest BCUT2D eigenvalue weighted by molar-refractivity contribution is 9.10. The molecule has 0 bridgehead atoms. The van der Waals surface area contributed by atoms with Crippen molar-refractivity contribution >= 4 is 21.9 Å². The standard InChI is InChI=1S/C14H18BrNO2/c15-11-5-3-4-10(8-11)9-16-13-7-2-1-6-12(13)14(17)18/h3-5,8,12-13,16H,1-2,6-7,9H2,(H,17,18). The first-order valence-corrected chi connectivity index (χ1v) is 7.17. The van der Waals surface area contributed by atoms with E-state index in [0.29, 0.717) is 0 Å². The second-order valence-electron chi connectivity index (χ2n) is 4.85. The van der Waals surface area contributed by atoms with Crippen molar-refractivity contribution in [1.29, 1.82) is 0 Å². The Balaban J connectivity index is 1.93. The number of carbonyl (C=O) groups is 1. The van der Waals surface area contributed by atoms with E-state index in [9.17, 15) is 9.90 Å². The van der Waals surface area contributed by atoms with E-state index in [1.807, 2.05) is 12.1 Å². The maximum Gasteiger partial charge on any atom is 0.308 e. The summed E-state index contributed by atoms with van der Waals surface area (Å²) in [6, 6.07) is 8.21. The monoisotopic (exact) mass is 311 g/mol. The number of benzene rings is 1. The molecule has 1 aromatic rings. The van der Waals surface area contributed by atoms with Crippen molar-refractivity contribution in [3.05, 3.63) is 34.3 Å². The van der Waals surface area contributed by atoms with Crippen LogP contribution in [-0.4, -0.2) is 17.1 Å². The fourth-order valence-corrected chi connectivity index (χ4v) is 3.01. The van der Waals surface area contributed by atoms with Gasteiger partial charge in [0.2, 0.25) is 0 Å². The van der Waals surface area contributed by atoms with Crippen LogP contribution in [0.5, 0.6) is 0 Å². The van der Waals surface area contributed by atoms with E-state index in [-0.39, 0.29) is 12.0 Å². The summed E-state index contributed by atoms with van der Waals surface area (Å²) < 4.78 is 1.06. The maximum atomic E-state index is 11.2. The molecule has 2 unspecified atom stereocenters. The van der Waals surface area contributed by atoms with Gasteiger partial charge in [-0.05, 0) is 30.5 Å². The number of rotatable bonds is 4. The second-order valence-corrected chi connectivity index (χ2v) is 5.76. The Kier molecular flexibility index (Phi) is 4.78. The number of aliphatic carboxylic acids is 1. The van der Waals surface area contributed by atoms with Crippen LogP contribution in [0.25, 0.3) is 0 Å². The number of halogens is 1. The van der Waals surface area contributed by atoms with Crippen molar-refractivity contribution in [1.82, 2.24) is 5.32 Å². The first-order valence-electron chi connectivity index (χ1n) is 6.37. The topological polar surface area (TPSA) is 49.3 Å². The maximum absolute atomic E-state index is 11.2. The molecule has 2 N–H and O–H groups in total. The van der Waals surface area contributed by atoms with Crippen molar-refractivity contribution in [3.8, 4) is 0 Å². The zero-order chi connectivity index (χ0) is 13.0. The molecule has 0 spiro atoms. The molecule has 1 aliphatic rings. The molecule has 0 amide bonds. The van der Waals surface area contributed by atoms with Crippen molar-refractivity contribution in [2.24, 2.45) is 5.92 Å².